The highest BCUT2D eigenvalue weighted by atomic mass is 19.4. The van der Waals surface area contributed by atoms with E-state index in [9.17, 15) is 27.6 Å². The van der Waals surface area contributed by atoms with Gasteiger partial charge in [-0.3, -0.25) is 19.1 Å². The van der Waals surface area contributed by atoms with Crippen molar-refractivity contribution < 1.29 is 22.8 Å². The molecule has 0 bridgehead atoms. The number of hydrogen-bond donors (Lipinski definition) is 3. The van der Waals surface area contributed by atoms with E-state index in [-0.39, 0.29) is 43.0 Å². The minimum absolute atomic E-state index is 0.0849. The first-order valence-corrected chi connectivity index (χ1v) is 10.3. The predicted molar refractivity (Wildman–Crippen MR) is 116 cm³/mol. The number of H-pyrrole nitrogens is 1. The number of aromatic amines is 1. The number of hydrogen-bond acceptors (Lipinski definition) is 4. The molecule has 0 fully saturated rings. The molecule has 2 aromatic heterocycles. The number of carbonyl (C=O) groups is 2. The maximum atomic E-state index is 12.6. The average Bonchev–Trinajstić information content (AvgIpc) is 3.03. The van der Waals surface area contributed by atoms with Crippen molar-refractivity contribution in [3.8, 4) is 0 Å². The first-order chi connectivity index (χ1) is 15.5. The van der Waals surface area contributed by atoms with E-state index in [0.717, 1.165) is 40.9 Å². The van der Waals surface area contributed by atoms with Crippen LogP contribution in [-0.4, -0.2) is 39.7 Å². The normalized spacial score (nSPS) is 11.6. The summed E-state index contributed by atoms with van der Waals surface area (Å²) in [5.41, 5.74) is 1.71. The van der Waals surface area contributed by atoms with Gasteiger partial charge in [-0.2, -0.15) is 18.3 Å². The lowest BCUT2D eigenvalue weighted by Gasteiger charge is -2.10. The van der Waals surface area contributed by atoms with E-state index >= 15 is 0 Å². The number of carbonyl (C=O) groups excluding carboxylic acids is 2. The summed E-state index contributed by atoms with van der Waals surface area (Å²) in [5.74, 6) is -0.833. The van der Waals surface area contributed by atoms with Crippen molar-refractivity contribution in [3.63, 3.8) is 0 Å². The standard InChI is InChI=1S/C22H24F3N5O3/c1-12-16(21(33)28-19-18(12)13(2)29-30(19)3)8-9-17(31)26-10-11-27-20(32)14-4-6-15(7-5-14)22(23,24)25/h4-7H,8-11H2,1-3H3,(H,26,31)(H,27,32)(H,28,33). The molecule has 33 heavy (non-hydrogen) atoms. The quantitative estimate of drug-likeness (QED) is 0.468. The Kier molecular flexibility index (Phi) is 6.89. The lowest BCUT2D eigenvalue weighted by Crippen LogP contribution is -2.35. The van der Waals surface area contributed by atoms with Gasteiger partial charge >= 0.3 is 6.18 Å². The Morgan fingerprint density at radius 2 is 1.73 bits per heavy atom. The minimum atomic E-state index is -4.47. The molecule has 0 saturated carbocycles. The van der Waals surface area contributed by atoms with Gasteiger partial charge in [-0.15, -0.1) is 0 Å². The zero-order valence-corrected chi connectivity index (χ0v) is 18.4. The molecule has 3 rings (SSSR count). The molecule has 11 heteroatoms. The number of nitrogens with one attached hydrogen (secondary N) is 3. The Hall–Kier alpha value is -3.63. The first kappa shape index (κ1) is 24.0. The van der Waals surface area contributed by atoms with Crippen molar-refractivity contribution in [1.82, 2.24) is 25.4 Å². The predicted octanol–water partition coefficient (Wildman–Crippen LogP) is 2.38. The van der Waals surface area contributed by atoms with Crippen LogP contribution in [0.5, 0.6) is 0 Å². The third kappa shape index (κ3) is 5.41. The molecule has 3 N–H and O–H groups in total. The summed E-state index contributed by atoms with van der Waals surface area (Å²) >= 11 is 0. The molecule has 8 nitrogen and oxygen atoms in total. The van der Waals surface area contributed by atoms with Crippen molar-refractivity contribution in [2.45, 2.75) is 32.9 Å². The number of pyridine rings is 1. The summed E-state index contributed by atoms with van der Waals surface area (Å²) < 4.78 is 39.4. The second-order valence-corrected chi connectivity index (χ2v) is 7.67. The fourth-order valence-electron chi connectivity index (χ4n) is 3.67. The Morgan fingerprint density at radius 1 is 1.09 bits per heavy atom. The summed E-state index contributed by atoms with van der Waals surface area (Å²) in [6.07, 6.45) is -4.14. The van der Waals surface area contributed by atoms with Gasteiger partial charge in [0.25, 0.3) is 11.5 Å². The Morgan fingerprint density at radius 3 is 2.36 bits per heavy atom. The van der Waals surface area contributed by atoms with Crippen LogP contribution >= 0.6 is 0 Å². The molecule has 0 radical (unpaired) electrons. The number of alkyl halides is 3. The molecule has 0 saturated heterocycles. The topological polar surface area (TPSA) is 109 Å². The minimum Gasteiger partial charge on any atom is -0.354 e. The molecule has 3 aromatic rings. The maximum absolute atomic E-state index is 12.6. The molecule has 176 valence electrons. The lowest BCUT2D eigenvalue weighted by atomic mass is 10.0. The number of rotatable bonds is 7. The summed E-state index contributed by atoms with van der Waals surface area (Å²) in [5, 5.41) is 10.4. The number of aryl methyl sites for hydroxylation is 3. The van der Waals surface area contributed by atoms with Crippen LogP contribution in [0, 0.1) is 13.8 Å². The van der Waals surface area contributed by atoms with Gasteiger partial charge in [-0.05, 0) is 50.1 Å². The van der Waals surface area contributed by atoms with Crippen molar-refractivity contribution in [3.05, 3.63) is 62.6 Å². The molecular weight excluding hydrogens is 439 g/mol. The smallest absolute Gasteiger partial charge is 0.354 e. The van der Waals surface area contributed by atoms with E-state index in [2.05, 4.69) is 20.7 Å². The van der Waals surface area contributed by atoms with Gasteiger partial charge < -0.3 is 15.6 Å². The Labute approximate surface area is 187 Å². The lowest BCUT2D eigenvalue weighted by molar-refractivity contribution is -0.137. The first-order valence-electron chi connectivity index (χ1n) is 10.3. The number of nitrogens with zero attached hydrogens (tertiary/aromatic N) is 2. The molecule has 2 amide bonds. The fourth-order valence-corrected chi connectivity index (χ4v) is 3.67. The zero-order chi connectivity index (χ0) is 24.3. The summed E-state index contributed by atoms with van der Waals surface area (Å²) in [6.45, 7) is 3.92. The van der Waals surface area contributed by atoms with Crippen LogP contribution in [0.4, 0.5) is 13.2 Å². The largest absolute Gasteiger partial charge is 0.416 e. The van der Waals surface area contributed by atoms with Crippen LogP contribution in [0.2, 0.25) is 0 Å². The second kappa shape index (κ2) is 9.47. The van der Waals surface area contributed by atoms with E-state index < -0.39 is 17.6 Å². The van der Waals surface area contributed by atoms with E-state index in [1.807, 2.05) is 13.8 Å². The monoisotopic (exact) mass is 463 g/mol. The van der Waals surface area contributed by atoms with Crippen molar-refractivity contribution in [1.29, 1.82) is 0 Å². The number of aromatic nitrogens is 3. The third-order valence-electron chi connectivity index (χ3n) is 5.37. The van der Waals surface area contributed by atoms with Crippen LogP contribution in [-0.2, 0) is 24.4 Å². The molecule has 0 atom stereocenters. The van der Waals surface area contributed by atoms with Crippen molar-refractivity contribution in [2.75, 3.05) is 13.1 Å². The highest BCUT2D eigenvalue weighted by molar-refractivity contribution is 5.94. The number of benzene rings is 1. The number of amides is 2. The van der Waals surface area contributed by atoms with Gasteiger partial charge in [0, 0.05) is 43.1 Å². The maximum Gasteiger partial charge on any atom is 0.416 e. The second-order valence-electron chi connectivity index (χ2n) is 7.67. The van der Waals surface area contributed by atoms with Crippen molar-refractivity contribution >= 4 is 22.8 Å². The highest BCUT2D eigenvalue weighted by Crippen LogP contribution is 2.29. The SMILES string of the molecule is Cc1nn(C)c2[nH]c(=O)c(CCC(=O)NCCNC(=O)c3ccc(C(F)(F)F)cc3)c(C)c12. The Balaban J connectivity index is 1.48. The van der Waals surface area contributed by atoms with Gasteiger partial charge in [0.2, 0.25) is 5.91 Å². The van der Waals surface area contributed by atoms with Crippen LogP contribution < -0.4 is 16.2 Å². The molecule has 0 spiro atoms. The number of fused-ring (bicyclic) bond motifs is 1. The van der Waals surface area contributed by atoms with Gasteiger partial charge in [0.15, 0.2) is 0 Å². The Bertz CT molecular complexity index is 1240. The van der Waals surface area contributed by atoms with Gasteiger partial charge in [-0.25, -0.2) is 0 Å². The summed E-state index contributed by atoms with van der Waals surface area (Å²) in [7, 11) is 1.74. The number of halogens is 3. The fraction of sp³-hybridized carbons (Fsp3) is 0.364. The summed E-state index contributed by atoms with van der Waals surface area (Å²) in [4.78, 5) is 39.4. The van der Waals surface area contributed by atoms with E-state index in [0.29, 0.717) is 11.2 Å². The average molecular weight is 463 g/mol. The summed E-state index contributed by atoms with van der Waals surface area (Å²) in [6, 6.07) is 3.87. The molecule has 2 heterocycles. The van der Waals surface area contributed by atoms with E-state index in [1.165, 1.54) is 0 Å². The van der Waals surface area contributed by atoms with E-state index in [1.54, 1.807) is 11.7 Å². The zero-order valence-electron chi connectivity index (χ0n) is 18.4. The third-order valence-corrected chi connectivity index (χ3v) is 5.37. The molecule has 0 aliphatic carbocycles. The van der Waals surface area contributed by atoms with Crippen LogP contribution in [0.25, 0.3) is 11.0 Å². The molecule has 0 aliphatic rings. The van der Waals surface area contributed by atoms with Crippen LogP contribution in [0.3, 0.4) is 0 Å². The molecule has 0 aliphatic heterocycles. The van der Waals surface area contributed by atoms with Crippen LogP contribution in [0.15, 0.2) is 29.1 Å². The van der Waals surface area contributed by atoms with Gasteiger partial charge in [0.1, 0.15) is 5.65 Å². The molecule has 0 unspecified atom stereocenters. The highest BCUT2D eigenvalue weighted by Gasteiger charge is 2.30. The van der Waals surface area contributed by atoms with Crippen LogP contribution in [0.1, 0.15) is 39.2 Å². The molecular formula is C22H24F3N5O3. The van der Waals surface area contributed by atoms with E-state index in [4.69, 9.17) is 0 Å². The van der Waals surface area contributed by atoms with Crippen molar-refractivity contribution in [2.24, 2.45) is 7.05 Å². The van der Waals surface area contributed by atoms with Gasteiger partial charge in [0.05, 0.1) is 11.3 Å². The molecule has 1 aromatic carbocycles. The van der Waals surface area contributed by atoms with Gasteiger partial charge in [-0.1, -0.05) is 0 Å².